The molecule has 0 aliphatic carbocycles. The molecule has 2 aromatic rings. The van der Waals surface area contributed by atoms with Gasteiger partial charge in [0.1, 0.15) is 11.5 Å². The van der Waals surface area contributed by atoms with Crippen LogP contribution in [0.25, 0.3) is 5.69 Å². The zero-order chi connectivity index (χ0) is 19.9. The summed E-state index contributed by atoms with van der Waals surface area (Å²) in [6.45, 7) is 4.43. The van der Waals surface area contributed by atoms with Crippen molar-refractivity contribution in [2.75, 3.05) is 54.0 Å². The van der Waals surface area contributed by atoms with E-state index in [9.17, 15) is 4.79 Å². The van der Waals surface area contributed by atoms with Gasteiger partial charge in [-0.15, -0.1) is 5.10 Å². The Kier molecular flexibility index (Phi) is 6.77. The average Bonchev–Trinajstić information content (AvgIpc) is 3.20. The lowest BCUT2D eigenvalue weighted by molar-refractivity contribution is -0.132. The minimum Gasteiger partial charge on any atom is -0.497 e. The summed E-state index contributed by atoms with van der Waals surface area (Å²) in [5.74, 6) is 2.18. The zero-order valence-corrected chi connectivity index (χ0v) is 16.6. The van der Waals surface area contributed by atoms with Crippen molar-refractivity contribution in [1.82, 2.24) is 35.3 Å². The van der Waals surface area contributed by atoms with Crippen LogP contribution in [0.5, 0.6) is 11.5 Å². The van der Waals surface area contributed by atoms with Gasteiger partial charge in [0.2, 0.25) is 5.91 Å². The van der Waals surface area contributed by atoms with E-state index in [1.807, 2.05) is 29.0 Å². The third-order valence-corrected chi connectivity index (χ3v) is 4.70. The first kappa shape index (κ1) is 20.0. The number of hydrogen-bond donors (Lipinski definition) is 1. The molecule has 0 spiro atoms. The number of ether oxygens (including phenoxy) is 2. The highest BCUT2D eigenvalue weighted by atomic mass is 16.5. The van der Waals surface area contributed by atoms with Gasteiger partial charge in [-0.05, 0) is 17.5 Å². The quantitative estimate of drug-likeness (QED) is 0.670. The van der Waals surface area contributed by atoms with Crippen molar-refractivity contribution in [3.8, 4) is 17.2 Å². The Bertz CT molecular complexity index is 767. The van der Waals surface area contributed by atoms with E-state index in [1.165, 1.54) is 0 Å². The van der Waals surface area contributed by atoms with Crippen molar-refractivity contribution in [2.24, 2.45) is 0 Å². The van der Waals surface area contributed by atoms with Crippen molar-refractivity contribution >= 4 is 5.91 Å². The van der Waals surface area contributed by atoms with Gasteiger partial charge in [0.05, 0.1) is 26.5 Å². The fraction of sp³-hybridized carbons (Fsp3) is 0.556. The third-order valence-electron chi connectivity index (χ3n) is 4.70. The molecule has 10 heteroatoms. The molecule has 10 nitrogen and oxygen atoms in total. The van der Waals surface area contributed by atoms with Gasteiger partial charge < -0.3 is 19.7 Å². The Morgan fingerprint density at radius 3 is 2.50 bits per heavy atom. The zero-order valence-electron chi connectivity index (χ0n) is 16.6. The number of nitrogens with zero attached hydrogens (tertiary/aromatic N) is 6. The smallest absolute Gasteiger partial charge is 0.223 e. The molecule has 1 aromatic carbocycles. The molecule has 1 N–H and O–H groups in total. The van der Waals surface area contributed by atoms with Gasteiger partial charge >= 0.3 is 0 Å². The maximum absolute atomic E-state index is 12.3. The molecule has 1 amide bonds. The Labute approximate surface area is 164 Å². The Morgan fingerprint density at radius 2 is 1.86 bits per heavy atom. The van der Waals surface area contributed by atoms with Gasteiger partial charge in [-0.3, -0.25) is 9.69 Å². The van der Waals surface area contributed by atoms with Crippen LogP contribution >= 0.6 is 0 Å². The number of tetrazole rings is 1. The van der Waals surface area contributed by atoms with Gasteiger partial charge in [0.15, 0.2) is 5.82 Å². The summed E-state index contributed by atoms with van der Waals surface area (Å²) in [7, 11) is 5.15. The molecule has 0 atom stereocenters. The molecule has 0 bridgehead atoms. The second-order valence-electron chi connectivity index (χ2n) is 6.70. The number of methoxy groups -OCH3 is 2. The van der Waals surface area contributed by atoms with Gasteiger partial charge in [-0.25, -0.2) is 0 Å². The minimum absolute atomic E-state index is 0.186. The summed E-state index contributed by atoms with van der Waals surface area (Å²) in [5, 5.41) is 15.3. The van der Waals surface area contributed by atoms with Crippen molar-refractivity contribution in [1.29, 1.82) is 0 Å². The lowest BCUT2D eigenvalue weighted by atomic mass is 10.2. The Hall–Kier alpha value is -2.72. The van der Waals surface area contributed by atoms with E-state index < -0.39 is 0 Å². The molecular formula is C18H27N7O3. The lowest BCUT2D eigenvalue weighted by Gasteiger charge is -2.28. The summed E-state index contributed by atoms with van der Waals surface area (Å²) >= 11 is 0. The standard InChI is InChI=1S/C18H27N7O3/c1-23(7-4-18(26)24-8-5-19-6-9-24)13-17-20-21-22-25(17)14-10-15(27-2)12-16(11-14)28-3/h10-12,19H,4-9,13H2,1-3H3. The van der Waals surface area contributed by atoms with Crippen LogP contribution in [0.2, 0.25) is 0 Å². The summed E-state index contributed by atoms with van der Waals surface area (Å²) in [6.07, 6.45) is 0.477. The van der Waals surface area contributed by atoms with Gasteiger partial charge in [0.25, 0.3) is 0 Å². The number of hydrogen-bond acceptors (Lipinski definition) is 8. The van der Waals surface area contributed by atoms with Crippen LogP contribution in [0.1, 0.15) is 12.2 Å². The summed E-state index contributed by atoms with van der Waals surface area (Å²) in [6, 6.07) is 5.48. The number of carbonyl (C=O) groups is 1. The van der Waals surface area contributed by atoms with Crippen LogP contribution < -0.4 is 14.8 Å². The summed E-state index contributed by atoms with van der Waals surface area (Å²) in [5.41, 5.74) is 0.751. The normalized spacial score (nSPS) is 14.4. The molecule has 0 saturated carbocycles. The van der Waals surface area contributed by atoms with Crippen LogP contribution in [0.4, 0.5) is 0 Å². The van der Waals surface area contributed by atoms with E-state index in [0.29, 0.717) is 36.8 Å². The molecule has 1 saturated heterocycles. The SMILES string of the molecule is COc1cc(OC)cc(-n2nnnc2CN(C)CCC(=O)N2CCNCC2)c1. The maximum Gasteiger partial charge on any atom is 0.223 e. The molecule has 1 aromatic heterocycles. The number of benzene rings is 1. The van der Waals surface area contributed by atoms with Crippen LogP contribution in [0.3, 0.4) is 0 Å². The van der Waals surface area contributed by atoms with Crippen LogP contribution in [0, 0.1) is 0 Å². The molecule has 3 rings (SSSR count). The van der Waals surface area contributed by atoms with Crippen molar-refractivity contribution in [3.63, 3.8) is 0 Å². The third kappa shape index (κ3) is 4.96. The highest BCUT2D eigenvalue weighted by molar-refractivity contribution is 5.76. The molecule has 1 aliphatic rings. The molecule has 152 valence electrons. The molecule has 0 unspecified atom stereocenters. The molecule has 28 heavy (non-hydrogen) atoms. The molecule has 1 fully saturated rings. The predicted octanol–water partition coefficient (Wildman–Crippen LogP) is -0.0668. The Morgan fingerprint density at radius 1 is 1.18 bits per heavy atom. The minimum atomic E-state index is 0.186. The van der Waals surface area contributed by atoms with Crippen LogP contribution in [-0.2, 0) is 11.3 Å². The highest BCUT2D eigenvalue weighted by Crippen LogP contribution is 2.25. The predicted molar refractivity (Wildman–Crippen MR) is 103 cm³/mol. The van der Waals surface area contributed by atoms with E-state index in [1.54, 1.807) is 25.0 Å². The second-order valence-corrected chi connectivity index (χ2v) is 6.70. The van der Waals surface area contributed by atoms with E-state index >= 15 is 0 Å². The first-order valence-corrected chi connectivity index (χ1v) is 9.28. The Balaban J connectivity index is 1.63. The van der Waals surface area contributed by atoms with Crippen molar-refractivity contribution in [3.05, 3.63) is 24.0 Å². The molecule has 0 radical (unpaired) electrons. The first-order chi connectivity index (χ1) is 13.6. The van der Waals surface area contributed by atoms with Gasteiger partial charge in [0, 0.05) is 57.3 Å². The number of aromatic nitrogens is 4. The van der Waals surface area contributed by atoms with Gasteiger partial charge in [-0.1, -0.05) is 0 Å². The number of amides is 1. The van der Waals surface area contributed by atoms with Gasteiger partial charge in [-0.2, -0.15) is 4.68 Å². The number of carbonyl (C=O) groups excluding carboxylic acids is 1. The molecular weight excluding hydrogens is 362 g/mol. The number of nitrogens with one attached hydrogen (secondary N) is 1. The first-order valence-electron chi connectivity index (χ1n) is 9.28. The summed E-state index contributed by atoms with van der Waals surface area (Å²) < 4.78 is 12.3. The molecule has 2 heterocycles. The molecule has 1 aliphatic heterocycles. The second kappa shape index (κ2) is 9.47. The van der Waals surface area contributed by atoms with Crippen molar-refractivity contribution in [2.45, 2.75) is 13.0 Å². The highest BCUT2D eigenvalue weighted by Gasteiger charge is 2.18. The van der Waals surface area contributed by atoms with E-state index in [4.69, 9.17) is 9.47 Å². The summed E-state index contributed by atoms with van der Waals surface area (Å²) in [4.78, 5) is 16.3. The lowest BCUT2D eigenvalue weighted by Crippen LogP contribution is -2.47. The average molecular weight is 389 g/mol. The van der Waals surface area contributed by atoms with Crippen LogP contribution in [0.15, 0.2) is 18.2 Å². The monoisotopic (exact) mass is 389 g/mol. The van der Waals surface area contributed by atoms with E-state index in [2.05, 4.69) is 20.8 Å². The van der Waals surface area contributed by atoms with Crippen molar-refractivity contribution < 1.29 is 14.3 Å². The van der Waals surface area contributed by atoms with E-state index in [-0.39, 0.29) is 5.91 Å². The largest absolute Gasteiger partial charge is 0.497 e. The number of rotatable bonds is 8. The number of piperazine rings is 1. The van der Waals surface area contributed by atoms with Crippen LogP contribution in [-0.4, -0.2) is 89.9 Å². The van der Waals surface area contributed by atoms with E-state index in [0.717, 1.165) is 31.9 Å². The maximum atomic E-state index is 12.3. The topological polar surface area (TPSA) is 97.6 Å². The fourth-order valence-corrected chi connectivity index (χ4v) is 3.10. The fourth-order valence-electron chi connectivity index (χ4n) is 3.10.